The molecule has 0 atom stereocenters. The summed E-state index contributed by atoms with van der Waals surface area (Å²) < 4.78 is 6.95. The van der Waals surface area contributed by atoms with Crippen molar-refractivity contribution in [2.45, 2.75) is 6.42 Å². The molecule has 1 aliphatic heterocycles. The Hall–Kier alpha value is -4.14. The third-order valence-electron chi connectivity index (χ3n) is 5.15. The molecule has 0 spiro atoms. The van der Waals surface area contributed by atoms with Crippen LogP contribution in [0.5, 0.6) is 0 Å². The quantitative estimate of drug-likeness (QED) is 0.399. The Morgan fingerprint density at radius 1 is 1.13 bits per heavy atom. The van der Waals surface area contributed by atoms with Crippen molar-refractivity contribution >= 4 is 28.8 Å². The molecule has 9 heteroatoms. The van der Waals surface area contributed by atoms with Gasteiger partial charge in [-0.15, -0.1) is 0 Å². The number of carbonyl (C=O) groups is 1. The van der Waals surface area contributed by atoms with Gasteiger partial charge in [0.2, 0.25) is 0 Å². The van der Waals surface area contributed by atoms with E-state index in [4.69, 9.17) is 4.42 Å². The highest BCUT2D eigenvalue weighted by molar-refractivity contribution is 6.02. The number of hydrogen-bond donors (Lipinski definition) is 1. The Kier molecular flexibility index (Phi) is 4.20. The van der Waals surface area contributed by atoms with Crippen molar-refractivity contribution in [2.24, 2.45) is 0 Å². The molecule has 1 aromatic carbocycles. The van der Waals surface area contributed by atoms with Crippen molar-refractivity contribution in [3.63, 3.8) is 0 Å². The fraction of sp³-hybridized carbons (Fsp3) is 0.143. The normalized spacial score (nSPS) is 13.3. The van der Waals surface area contributed by atoms with Crippen LogP contribution in [0.1, 0.15) is 17.0 Å². The number of amides is 1. The molecule has 4 aromatic rings. The van der Waals surface area contributed by atoms with Crippen LogP contribution < -0.4 is 10.2 Å². The predicted molar refractivity (Wildman–Crippen MR) is 111 cm³/mol. The number of pyridine rings is 1. The summed E-state index contributed by atoms with van der Waals surface area (Å²) in [7, 11) is 0. The topological polar surface area (TPSA) is 106 Å². The standard InChI is InChI=1S/C21H17N5O4/c27-21(18-6-7-20(30-18)26(28)29)23-15-4-2-14(3-5-15)17-13-22-19-12-16(8-11-25(17)19)24-9-1-10-24/h2-8,11-13H,1,9-10H2,(H,23,27). The number of anilines is 2. The minimum absolute atomic E-state index is 0.120. The minimum atomic E-state index is -0.687. The van der Waals surface area contributed by atoms with E-state index in [0.29, 0.717) is 5.69 Å². The van der Waals surface area contributed by atoms with Crippen LogP contribution in [0, 0.1) is 10.1 Å². The van der Waals surface area contributed by atoms with Crippen molar-refractivity contribution in [2.75, 3.05) is 23.3 Å². The van der Waals surface area contributed by atoms with Gasteiger partial charge in [0.1, 0.15) is 10.6 Å². The fourth-order valence-electron chi connectivity index (χ4n) is 3.42. The lowest BCUT2D eigenvalue weighted by Gasteiger charge is -2.33. The van der Waals surface area contributed by atoms with Crippen LogP contribution in [0.15, 0.2) is 65.3 Å². The fourth-order valence-corrected chi connectivity index (χ4v) is 3.42. The maximum atomic E-state index is 12.2. The Morgan fingerprint density at radius 3 is 2.60 bits per heavy atom. The largest absolute Gasteiger partial charge is 0.433 e. The first-order valence-electron chi connectivity index (χ1n) is 9.46. The second-order valence-corrected chi connectivity index (χ2v) is 7.02. The van der Waals surface area contributed by atoms with E-state index in [1.54, 1.807) is 12.1 Å². The van der Waals surface area contributed by atoms with Crippen LogP contribution in [-0.4, -0.2) is 33.3 Å². The maximum Gasteiger partial charge on any atom is 0.433 e. The van der Waals surface area contributed by atoms with Crippen LogP contribution in [-0.2, 0) is 0 Å². The van der Waals surface area contributed by atoms with Crippen molar-refractivity contribution in [3.05, 3.63) is 76.8 Å². The highest BCUT2D eigenvalue weighted by Gasteiger charge is 2.18. The zero-order chi connectivity index (χ0) is 20.7. The Bertz CT molecular complexity index is 1250. The summed E-state index contributed by atoms with van der Waals surface area (Å²) in [5, 5.41) is 13.3. The van der Waals surface area contributed by atoms with Crippen LogP contribution in [0.3, 0.4) is 0 Å². The molecule has 1 fully saturated rings. The van der Waals surface area contributed by atoms with E-state index in [1.807, 2.05) is 28.9 Å². The minimum Gasteiger partial charge on any atom is -0.395 e. The van der Waals surface area contributed by atoms with Crippen molar-refractivity contribution < 1.29 is 14.1 Å². The van der Waals surface area contributed by atoms with Crippen LogP contribution >= 0.6 is 0 Å². The molecule has 0 unspecified atom stereocenters. The first-order valence-corrected chi connectivity index (χ1v) is 9.46. The molecule has 5 rings (SSSR count). The molecule has 9 nitrogen and oxygen atoms in total. The van der Waals surface area contributed by atoms with Crippen molar-refractivity contribution in [1.29, 1.82) is 0 Å². The van der Waals surface area contributed by atoms with Gasteiger partial charge < -0.3 is 14.6 Å². The molecule has 0 saturated carbocycles. The van der Waals surface area contributed by atoms with Gasteiger partial charge in [-0.25, -0.2) is 4.98 Å². The summed E-state index contributed by atoms with van der Waals surface area (Å²) in [6.45, 7) is 2.17. The first kappa shape index (κ1) is 17.9. The average Bonchev–Trinajstić information content (AvgIpc) is 3.35. The molecule has 0 bridgehead atoms. The van der Waals surface area contributed by atoms with Crippen LogP contribution in [0.2, 0.25) is 0 Å². The molecule has 4 heterocycles. The zero-order valence-electron chi connectivity index (χ0n) is 15.8. The zero-order valence-corrected chi connectivity index (χ0v) is 15.8. The number of fused-ring (bicyclic) bond motifs is 1. The Balaban J connectivity index is 1.34. The number of rotatable bonds is 5. The van der Waals surface area contributed by atoms with Crippen LogP contribution in [0.25, 0.3) is 16.9 Å². The number of aromatic nitrogens is 2. The SMILES string of the molecule is O=C(Nc1ccc(-c2cnc3cc(N4CCC4)ccn23)cc1)c1ccc([N+](=O)[O-])o1. The summed E-state index contributed by atoms with van der Waals surface area (Å²) in [6, 6.07) is 13.9. The summed E-state index contributed by atoms with van der Waals surface area (Å²) >= 11 is 0. The lowest BCUT2D eigenvalue weighted by atomic mass is 10.1. The third-order valence-corrected chi connectivity index (χ3v) is 5.15. The molecule has 3 aromatic heterocycles. The summed E-state index contributed by atoms with van der Waals surface area (Å²) in [5.74, 6) is -1.14. The number of imidazole rings is 1. The van der Waals surface area contributed by atoms with Gasteiger partial charge in [0.25, 0.3) is 5.91 Å². The molecule has 1 amide bonds. The molecular weight excluding hydrogens is 386 g/mol. The number of hydrogen-bond acceptors (Lipinski definition) is 6. The molecular formula is C21H17N5O4. The summed E-state index contributed by atoms with van der Waals surface area (Å²) in [4.78, 5) is 29.0. The monoisotopic (exact) mass is 403 g/mol. The Labute approximate surface area is 170 Å². The maximum absolute atomic E-state index is 12.2. The molecule has 1 saturated heterocycles. The number of furan rings is 1. The van der Waals surface area contributed by atoms with Gasteiger partial charge in [-0.05, 0) is 30.7 Å². The summed E-state index contributed by atoms with van der Waals surface area (Å²) in [6.07, 6.45) is 5.07. The highest BCUT2D eigenvalue weighted by atomic mass is 16.6. The lowest BCUT2D eigenvalue weighted by molar-refractivity contribution is -0.402. The number of nitrogens with zero attached hydrogens (tertiary/aromatic N) is 4. The molecule has 0 radical (unpaired) electrons. The van der Waals surface area contributed by atoms with E-state index < -0.39 is 16.7 Å². The Morgan fingerprint density at radius 2 is 1.93 bits per heavy atom. The molecule has 1 aliphatic rings. The number of carbonyl (C=O) groups excluding carboxylic acids is 1. The van der Waals surface area contributed by atoms with E-state index in [0.717, 1.165) is 36.1 Å². The lowest BCUT2D eigenvalue weighted by Crippen LogP contribution is -2.36. The van der Waals surface area contributed by atoms with Gasteiger partial charge in [-0.3, -0.25) is 19.3 Å². The first-order chi connectivity index (χ1) is 14.6. The highest BCUT2D eigenvalue weighted by Crippen LogP contribution is 2.27. The van der Waals surface area contributed by atoms with Gasteiger partial charge in [-0.2, -0.15) is 0 Å². The van der Waals surface area contributed by atoms with Gasteiger partial charge in [0.15, 0.2) is 5.76 Å². The van der Waals surface area contributed by atoms with Gasteiger partial charge in [0, 0.05) is 42.3 Å². The van der Waals surface area contributed by atoms with E-state index in [9.17, 15) is 14.9 Å². The van der Waals surface area contributed by atoms with E-state index in [2.05, 4.69) is 27.3 Å². The molecule has 30 heavy (non-hydrogen) atoms. The smallest absolute Gasteiger partial charge is 0.395 e. The number of nitrogens with one attached hydrogen (secondary N) is 1. The summed E-state index contributed by atoms with van der Waals surface area (Å²) in [5.41, 5.74) is 4.51. The van der Waals surface area contributed by atoms with Crippen molar-refractivity contribution in [3.8, 4) is 11.3 Å². The molecule has 150 valence electrons. The number of benzene rings is 1. The van der Waals surface area contributed by atoms with Gasteiger partial charge >= 0.3 is 5.88 Å². The molecule has 0 aliphatic carbocycles. The van der Waals surface area contributed by atoms with Crippen LogP contribution in [0.4, 0.5) is 17.3 Å². The second kappa shape index (κ2) is 7.03. The second-order valence-electron chi connectivity index (χ2n) is 7.02. The van der Waals surface area contributed by atoms with Gasteiger partial charge in [0.05, 0.1) is 18.0 Å². The van der Waals surface area contributed by atoms with E-state index >= 15 is 0 Å². The predicted octanol–water partition coefficient (Wildman–Crippen LogP) is 3.96. The van der Waals surface area contributed by atoms with Crippen molar-refractivity contribution in [1.82, 2.24) is 9.38 Å². The number of nitro groups is 1. The van der Waals surface area contributed by atoms with E-state index in [1.165, 1.54) is 18.2 Å². The average molecular weight is 403 g/mol. The van der Waals surface area contributed by atoms with E-state index in [-0.39, 0.29) is 5.76 Å². The van der Waals surface area contributed by atoms with Gasteiger partial charge in [-0.1, -0.05) is 12.1 Å². The molecule has 1 N–H and O–H groups in total. The third kappa shape index (κ3) is 3.16.